The molecule has 192 valence electrons. The lowest BCUT2D eigenvalue weighted by Crippen LogP contribution is -2.51. The third-order valence-electron chi connectivity index (χ3n) is 6.14. The number of para-hydroxylation sites is 1. The standard InChI is InChI=1S/C26H22F4N4O3/c1-36-17-7-9-22-18(15-17)24(31-21-14-16(26(28,29)30)6-8-23(21)37-22)33-10-12-34(13-11-33)25(35)32-20-5-3-2-4-19(20)27/h2-9,14-15H,10-13H2,1H3,(H,32,35). The third-order valence-corrected chi connectivity index (χ3v) is 6.14. The van der Waals surface area contributed by atoms with Gasteiger partial charge in [-0.1, -0.05) is 12.1 Å². The van der Waals surface area contributed by atoms with Crippen molar-refractivity contribution in [3.8, 4) is 17.2 Å². The highest BCUT2D eigenvalue weighted by molar-refractivity contribution is 6.04. The fourth-order valence-electron chi connectivity index (χ4n) is 4.18. The molecule has 2 aliphatic heterocycles. The normalized spacial score (nSPS) is 15.1. The Balaban J connectivity index is 1.43. The number of amides is 2. The molecule has 0 atom stereocenters. The van der Waals surface area contributed by atoms with Crippen LogP contribution in [0.25, 0.3) is 0 Å². The van der Waals surface area contributed by atoms with Crippen LogP contribution in [0.5, 0.6) is 17.2 Å². The van der Waals surface area contributed by atoms with Crippen LogP contribution in [-0.2, 0) is 6.18 Å². The molecule has 37 heavy (non-hydrogen) atoms. The van der Waals surface area contributed by atoms with E-state index in [4.69, 9.17) is 9.47 Å². The van der Waals surface area contributed by atoms with Crippen LogP contribution in [0.15, 0.2) is 65.7 Å². The Bertz CT molecular complexity index is 1370. The van der Waals surface area contributed by atoms with Gasteiger partial charge in [-0.15, -0.1) is 0 Å². The molecule has 11 heteroatoms. The van der Waals surface area contributed by atoms with Crippen molar-refractivity contribution in [2.45, 2.75) is 6.18 Å². The number of nitrogens with zero attached hydrogens (tertiary/aromatic N) is 3. The molecule has 0 radical (unpaired) electrons. The van der Waals surface area contributed by atoms with Crippen molar-refractivity contribution in [3.63, 3.8) is 0 Å². The highest BCUT2D eigenvalue weighted by Crippen LogP contribution is 2.42. The van der Waals surface area contributed by atoms with Gasteiger partial charge in [0.2, 0.25) is 0 Å². The Morgan fingerprint density at radius 2 is 1.73 bits per heavy atom. The maximum atomic E-state index is 13.9. The average molecular weight is 514 g/mol. The van der Waals surface area contributed by atoms with Crippen LogP contribution in [0.2, 0.25) is 0 Å². The van der Waals surface area contributed by atoms with Gasteiger partial charge in [0.05, 0.1) is 23.9 Å². The van der Waals surface area contributed by atoms with Crippen LogP contribution in [-0.4, -0.2) is 55.0 Å². The van der Waals surface area contributed by atoms with E-state index in [1.807, 2.05) is 4.90 Å². The van der Waals surface area contributed by atoms with Gasteiger partial charge >= 0.3 is 12.2 Å². The van der Waals surface area contributed by atoms with E-state index >= 15 is 0 Å². The number of hydrogen-bond acceptors (Lipinski definition) is 5. The monoisotopic (exact) mass is 514 g/mol. The van der Waals surface area contributed by atoms with E-state index in [9.17, 15) is 22.4 Å². The summed E-state index contributed by atoms with van der Waals surface area (Å²) in [6.45, 7) is 1.26. The summed E-state index contributed by atoms with van der Waals surface area (Å²) < 4.78 is 65.4. The van der Waals surface area contributed by atoms with Crippen LogP contribution in [0, 0.1) is 5.82 Å². The van der Waals surface area contributed by atoms with Crippen LogP contribution in [0.3, 0.4) is 0 Å². The highest BCUT2D eigenvalue weighted by Gasteiger charge is 2.33. The summed E-state index contributed by atoms with van der Waals surface area (Å²) in [4.78, 5) is 20.7. The number of benzene rings is 3. The number of carbonyl (C=O) groups is 1. The molecule has 1 N–H and O–H groups in total. The number of rotatable bonds is 2. The van der Waals surface area contributed by atoms with Crippen LogP contribution >= 0.6 is 0 Å². The molecule has 0 aromatic heterocycles. The van der Waals surface area contributed by atoms with Crippen LogP contribution in [0.1, 0.15) is 11.1 Å². The Kier molecular flexibility index (Phi) is 6.36. The van der Waals surface area contributed by atoms with Gasteiger partial charge in [-0.05, 0) is 48.5 Å². The number of methoxy groups -OCH3 is 1. The van der Waals surface area contributed by atoms with E-state index in [2.05, 4.69) is 10.3 Å². The minimum absolute atomic E-state index is 0.0414. The first-order valence-electron chi connectivity index (χ1n) is 11.4. The van der Waals surface area contributed by atoms with Gasteiger partial charge in [0.15, 0.2) is 5.75 Å². The number of ether oxygens (including phenoxy) is 2. The first-order chi connectivity index (χ1) is 17.7. The minimum atomic E-state index is -4.54. The molecular weight excluding hydrogens is 492 g/mol. The smallest absolute Gasteiger partial charge is 0.416 e. The number of anilines is 1. The second-order valence-corrected chi connectivity index (χ2v) is 8.46. The molecule has 2 amide bonds. The molecule has 0 aliphatic carbocycles. The lowest BCUT2D eigenvalue weighted by Gasteiger charge is -2.36. The predicted molar refractivity (Wildman–Crippen MR) is 129 cm³/mol. The van der Waals surface area contributed by atoms with Crippen LogP contribution < -0.4 is 14.8 Å². The molecule has 1 fully saturated rings. The zero-order valence-electron chi connectivity index (χ0n) is 19.7. The predicted octanol–water partition coefficient (Wildman–Crippen LogP) is 5.89. The van der Waals surface area contributed by atoms with Gasteiger partial charge in [-0.2, -0.15) is 13.2 Å². The van der Waals surface area contributed by atoms with Crippen molar-refractivity contribution in [2.75, 3.05) is 38.6 Å². The highest BCUT2D eigenvalue weighted by atomic mass is 19.4. The van der Waals surface area contributed by atoms with E-state index < -0.39 is 23.6 Å². The van der Waals surface area contributed by atoms with E-state index in [1.165, 1.54) is 31.4 Å². The number of nitrogens with one attached hydrogen (secondary N) is 1. The van der Waals surface area contributed by atoms with Crippen molar-refractivity contribution in [1.82, 2.24) is 9.80 Å². The number of urea groups is 1. The fraction of sp³-hybridized carbons (Fsp3) is 0.231. The number of carbonyl (C=O) groups excluding carboxylic acids is 1. The number of fused-ring (bicyclic) bond motifs is 2. The summed E-state index contributed by atoms with van der Waals surface area (Å²) in [5.41, 5.74) is -0.164. The van der Waals surface area contributed by atoms with Gasteiger partial charge in [-0.3, -0.25) is 0 Å². The van der Waals surface area contributed by atoms with E-state index in [0.717, 1.165) is 12.1 Å². The lowest BCUT2D eigenvalue weighted by molar-refractivity contribution is -0.137. The molecule has 1 saturated heterocycles. The zero-order valence-corrected chi connectivity index (χ0v) is 19.7. The maximum absolute atomic E-state index is 13.9. The van der Waals surface area contributed by atoms with E-state index in [-0.39, 0.29) is 30.2 Å². The zero-order chi connectivity index (χ0) is 26.2. The maximum Gasteiger partial charge on any atom is 0.416 e. The third kappa shape index (κ3) is 5.02. The second kappa shape index (κ2) is 9.64. The Hall–Kier alpha value is -4.28. The molecule has 3 aromatic rings. The molecule has 3 aromatic carbocycles. The first-order valence-corrected chi connectivity index (χ1v) is 11.4. The van der Waals surface area contributed by atoms with Crippen molar-refractivity contribution in [1.29, 1.82) is 0 Å². The number of aliphatic imine (C=N–C) groups is 1. The summed E-state index contributed by atoms with van der Waals surface area (Å²) in [6.07, 6.45) is -4.54. The van der Waals surface area contributed by atoms with Crippen molar-refractivity contribution in [3.05, 3.63) is 77.6 Å². The molecule has 0 spiro atoms. The van der Waals surface area contributed by atoms with Crippen LogP contribution in [0.4, 0.5) is 33.7 Å². The van der Waals surface area contributed by atoms with Crippen molar-refractivity contribution >= 4 is 23.2 Å². The molecule has 0 unspecified atom stereocenters. The fourth-order valence-corrected chi connectivity index (χ4v) is 4.18. The van der Waals surface area contributed by atoms with E-state index in [1.54, 1.807) is 29.2 Å². The lowest BCUT2D eigenvalue weighted by atomic mass is 10.1. The number of amidine groups is 1. The van der Waals surface area contributed by atoms with Gasteiger partial charge in [-0.25, -0.2) is 14.2 Å². The number of alkyl halides is 3. The largest absolute Gasteiger partial charge is 0.497 e. The Morgan fingerprint density at radius 3 is 2.43 bits per heavy atom. The van der Waals surface area contributed by atoms with Gasteiger partial charge < -0.3 is 24.6 Å². The number of hydrogen-bond donors (Lipinski definition) is 1. The topological polar surface area (TPSA) is 66.4 Å². The quantitative estimate of drug-likeness (QED) is 0.434. The molecule has 2 heterocycles. The molecule has 0 saturated carbocycles. The molecule has 5 rings (SSSR count). The average Bonchev–Trinajstić information content (AvgIpc) is 3.05. The first kappa shape index (κ1) is 24.4. The Morgan fingerprint density at radius 1 is 1.00 bits per heavy atom. The molecule has 0 bridgehead atoms. The molecule has 7 nitrogen and oxygen atoms in total. The SMILES string of the molecule is COc1ccc2c(c1)C(N1CCN(C(=O)Nc3ccccc3F)CC1)=Nc1cc(C(F)(F)F)ccc1O2. The van der Waals surface area contributed by atoms with E-state index in [0.29, 0.717) is 36.0 Å². The summed E-state index contributed by atoms with van der Waals surface area (Å²) in [5, 5.41) is 2.57. The van der Waals surface area contributed by atoms with Gasteiger partial charge in [0, 0.05) is 26.2 Å². The van der Waals surface area contributed by atoms with Gasteiger partial charge in [0.25, 0.3) is 0 Å². The van der Waals surface area contributed by atoms with Gasteiger partial charge in [0.1, 0.15) is 28.8 Å². The number of piperazine rings is 1. The minimum Gasteiger partial charge on any atom is -0.497 e. The second-order valence-electron chi connectivity index (χ2n) is 8.46. The molecule has 2 aliphatic rings. The number of halogens is 4. The summed E-state index contributed by atoms with van der Waals surface area (Å²) >= 11 is 0. The van der Waals surface area contributed by atoms with Crippen molar-refractivity contribution < 1.29 is 31.8 Å². The summed E-state index contributed by atoms with van der Waals surface area (Å²) in [7, 11) is 1.51. The summed E-state index contributed by atoms with van der Waals surface area (Å²) in [5.74, 6) is 1.00. The summed E-state index contributed by atoms with van der Waals surface area (Å²) in [6, 6.07) is 13.7. The van der Waals surface area contributed by atoms with Crippen molar-refractivity contribution in [2.24, 2.45) is 4.99 Å². The Labute approximate surface area is 209 Å². The molecular formula is C26H22F4N4O3.